The highest BCUT2D eigenvalue weighted by atomic mass is 35.5. The van der Waals surface area contributed by atoms with Gasteiger partial charge in [-0.25, -0.2) is 23.7 Å². The Balaban J connectivity index is 1.70. The first-order valence-electron chi connectivity index (χ1n) is 8.17. The van der Waals surface area contributed by atoms with Crippen molar-refractivity contribution >= 4 is 40.1 Å². The molecule has 7 nitrogen and oxygen atoms in total. The zero-order chi connectivity index (χ0) is 19.9. The van der Waals surface area contributed by atoms with E-state index in [1.54, 1.807) is 0 Å². The first-order valence-corrected chi connectivity index (χ1v) is 9.53. The lowest BCUT2D eigenvalue weighted by Gasteiger charge is -2.38. The number of benzene rings is 1. The Morgan fingerprint density at radius 1 is 1.32 bits per heavy atom. The number of hydrogen-bond acceptors (Lipinski definition) is 7. The number of aliphatic imine (C=N–C) groups is 1. The molecular weight excluding hydrogens is 412 g/mol. The van der Waals surface area contributed by atoms with Gasteiger partial charge in [-0.1, -0.05) is 23.4 Å². The van der Waals surface area contributed by atoms with Gasteiger partial charge in [-0.2, -0.15) is 0 Å². The van der Waals surface area contributed by atoms with Gasteiger partial charge in [0.1, 0.15) is 5.82 Å². The Bertz CT molecular complexity index is 977. The molecule has 1 aromatic carbocycles. The molecule has 2 aliphatic rings. The number of halogens is 3. The summed E-state index contributed by atoms with van der Waals surface area (Å²) in [5.74, 6) is -1.41. The van der Waals surface area contributed by atoms with Gasteiger partial charge in [0.15, 0.2) is 16.4 Å². The summed E-state index contributed by atoms with van der Waals surface area (Å²) < 4.78 is 35.6. The van der Waals surface area contributed by atoms with E-state index in [0.717, 1.165) is 17.8 Å². The average Bonchev–Trinajstić information content (AvgIpc) is 3.01. The molecule has 0 spiro atoms. The van der Waals surface area contributed by atoms with Gasteiger partial charge < -0.3 is 15.8 Å². The zero-order valence-electron chi connectivity index (χ0n) is 14.3. The van der Waals surface area contributed by atoms with Gasteiger partial charge in [0, 0.05) is 29.4 Å². The van der Waals surface area contributed by atoms with Gasteiger partial charge in [-0.3, -0.25) is 4.79 Å². The lowest BCUT2D eigenvalue weighted by Crippen LogP contribution is -2.52. The van der Waals surface area contributed by atoms with Crippen LogP contribution in [-0.4, -0.2) is 45.7 Å². The molecule has 0 saturated carbocycles. The third-order valence-corrected chi connectivity index (χ3v) is 5.81. The number of nitrogens with zero attached hydrogens (tertiary/aromatic N) is 3. The second kappa shape index (κ2) is 6.94. The number of aromatic nitrogens is 2. The van der Waals surface area contributed by atoms with Crippen LogP contribution in [0.4, 0.5) is 14.5 Å². The molecule has 3 N–H and O–H groups in total. The number of anilines is 1. The van der Waals surface area contributed by atoms with E-state index in [1.807, 2.05) is 0 Å². The third kappa shape index (κ3) is 3.11. The van der Waals surface area contributed by atoms with Crippen LogP contribution >= 0.6 is 23.4 Å². The first kappa shape index (κ1) is 19.0. The topological polar surface area (TPSA) is 102 Å². The molecule has 1 saturated heterocycles. The predicted molar refractivity (Wildman–Crippen MR) is 102 cm³/mol. The summed E-state index contributed by atoms with van der Waals surface area (Å²) in [5.41, 5.74) is 2.48. The van der Waals surface area contributed by atoms with Crippen LogP contribution in [0.2, 0.25) is 5.02 Å². The number of fused-ring (bicyclic) bond motifs is 1. The van der Waals surface area contributed by atoms with Crippen LogP contribution in [-0.2, 0) is 10.3 Å². The maximum atomic E-state index is 15.6. The average molecular weight is 426 g/mol. The number of hydrogen-bond donors (Lipinski definition) is 2. The molecule has 1 aromatic heterocycles. The summed E-state index contributed by atoms with van der Waals surface area (Å²) in [6.07, 6.45) is 2.56. The Labute approximate surface area is 167 Å². The van der Waals surface area contributed by atoms with Gasteiger partial charge in [0.25, 0.3) is 5.91 Å². The standard InChI is InChI=1S/C17H14ClF2N5O2S/c18-9-4-22-13(23-5-9)14(26)24-10-1-2-12(19)11(3-10)17-7-27-6-16(17,20)8-28-15(21)25-17/h1-5H,6-8H2,(H2,21,25)(H,24,26). The number of amidine groups is 1. The highest BCUT2D eigenvalue weighted by Gasteiger charge is 2.61. The van der Waals surface area contributed by atoms with Gasteiger partial charge in [-0.05, 0) is 18.2 Å². The van der Waals surface area contributed by atoms with E-state index in [4.69, 9.17) is 22.1 Å². The summed E-state index contributed by atoms with van der Waals surface area (Å²) in [4.78, 5) is 24.2. The molecule has 28 heavy (non-hydrogen) atoms. The Hall–Kier alpha value is -2.30. The molecule has 11 heteroatoms. The molecule has 2 aromatic rings. The summed E-state index contributed by atoms with van der Waals surface area (Å²) in [6, 6.07) is 3.82. The molecule has 1 fully saturated rings. The third-order valence-electron chi connectivity index (χ3n) is 4.63. The zero-order valence-corrected chi connectivity index (χ0v) is 15.9. The molecule has 2 unspecified atom stereocenters. The smallest absolute Gasteiger partial charge is 0.293 e. The monoisotopic (exact) mass is 425 g/mol. The van der Waals surface area contributed by atoms with E-state index >= 15 is 4.39 Å². The van der Waals surface area contributed by atoms with Crippen LogP contribution in [0.1, 0.15) is 16.2 Å². The molecule has 2 aliphatic heterocycles. The maximum absolute atomic E-state index is 15.6. The van der Waals surface area contributed by atoms with E-state index in [-0.39, 0.29) is 46.2 Å². The van der Waals surface area contributed by atoms with Crippen LogP contribution in [0.25, 0.3) is 0 Å². The largest absolute Gasteiger partial charge is 0.379 e. The Morgan fingerprint density at radius 2 is 2.07 bits per heavy atom. The van der Waals surface area contributed by atoms with Crippen molar-refractivity contribution in [3.8, 4) is 0 Å². The normalized spacial score (nSPS) is 26.5. The van der Waals surface area contributed by atoms with E-state index in [1.165, 1.54) is 24.5 Å². The van der Waals surface area contributed by atoms with Crippen molar-refractivity contribution in [2.45, 2.75) is 11.2 Å². The number of ether oxygens (including phenoxy) is 1. The fourth-order valence-corrected chi connectivity index (χ4v) is 4.24. The Morgan fingerprint density at radius 3 is 2.82 bits per heavy atom. The number of rotatable bonds is 3. The fourth-order valence-electron chi connectivity index (χ4n) is 3.23. The van der Waals surface area contributed by atoms with Crippen molar-refractivity contribution in [2.24, 2.45) is 10.7 Å². The maximum Gasteiger partial charge on any atom is 0.293 e. The SMILES string of the molecule is NC1=NC2(c3cc(NC(=O)c4ncc(Cl)cn4)ccc3F)COCC2(F)CS1. The highest BCUT2D eigenvalue weighted by molar-refractivity contribution is 8.13. The summed E-state index contributed by atoms with van der Waals surface area (Å²) in [5, 5.41) is 3.00. The minimum absolute atomic E-state index is 0.00300. The number of thioether (sulfide) groups is 1. The van der Waals surface area contributed by atoms with E-state index in [0.29, 0.717) is 0 Å². The summed E-state index contributed by atoms with van der Waals surface area (Å²) in [7, 11) is 0. The molecule has 2 atom stereocenters. The number of nitrogens with two attached hydrogens (primary N) is 1. The molecule has 1 amide bonds. The number of carbonyl (C=O) groups excluding carboxylic acids is 1. The van der Waals surface area contributed by atoms with Crippen LogP contribution in [0.15, 0.2) is 35.6 Å². The predicted octanol–water partition coefficient (Wildman–Crippen LogP) is 2.52. The summed E-state index contributed by atoms with van der Waals surface area (Å²) >= 11 is 6.77. The molecule has 0 aliphatic carbocycles. The van der Waals surface area contributed by atoms with Crippen LogP contribution in [0, 0.1) is 5.82 Å². The first-order chi connectivity index (χ1) is 13.3. The molecule has 146 valence electrons. The second-order valence-corrected chi connectivity index (χ2v) is 7.86. The molecule has 3 heterocycles. The molecular formula is C17H14ClF2N5O2S. The quantitative estimate of drug-likeness (QED) is 0.783. The van der Waals surface area contributed by atoms with Gasteiger partial charge in [-0.15, -0.1) is 0 Å². The number of amides is 1. The number of nitrogens with one attached hydrogen (secondary N) is 1. The van der Waals surface area contributed by atoms with E-state index in [9.17, 15) is 9.18 Å². The van der Waals surface area contributed by atoms with Gasteiger partial charge in [0.05, 0.1) is 18.2 Å². The lowest BCUT2D eigenvalue weighted by atomic mass is 9.79. The Kier molecular flexibility index (Phi) is 4.72. The molecule has 0 bridgehead atoms. The number of alkyl halides is 1. The van der Waals surface area contributed by atoms with Gasteiger partial charge >= 0.3 is 0 Å². The molecule has 0 radical (unpaired) electrons. The van der Waals surface area contributed by atoms with Crippen LogP contribution in [0.3, 0.4) is 0 Å². The minimum Gasteiger partial charge on any atom is -0.379 e. The lowest BCUT2D eigenvalue weighted by molar-refractivity contribution is 0.101. The second-order valence-electron chi connectivity index (χ2n) is 6.43. The molecule has 4 rings (SSSR count). The van der Waals surface area contributed by atoms with Crippen molar-refractivity contribution in [3.05, 3.63) is 52.8 Å². The van der Waals surface area contributed by atoms with Crippen LogP contribution in [0.5, 0.6) is 0 Å². The van der Waals surface area contributed by atoms with Crippen molar-refractivity contribution in [1.29, 1.82) is 0 Å². The van der Waals surface area contributed by atoms with Crippen molar-refractivity contribution in [1.82, 2.24) is 9.97 Å². The fraction of sp³-hybridized carbons (Fsp3) is 0.294. The van der Waals surface area contributed by atoms with Crippen molar-refractivity contribution < 1.29 is 18.3 Å². The van der Waals surface area contributed by atoms with Crippen molar-refractivity contribution in [2.75, 3.05) is 24.3 Å². The van der Waals surface area contributed by atoms with Crippen LogP contribution < -0.4 is 11.1 Å². The van der Waals surface area contributed by atoms with Gasteiger partial charge in [0.2, 0.25) is 5.82 Å². The number of carbonyl (C=O) groups is 1. The summed E-state index contributed by atoms with van der Waals surface area (Å²) in [6.45, 7) is -0.370. The van der Waals surface area contributed by atoms with E-state index < -0.39 is 22.9 Å². The highest BCUT2D eigenvalue weighted by Crippen LogP contribution is 2.50. The van der Waals surface area contributed by atoms with Crippen molar-refractivity contribution in [3.63, 3.8) is 0 Å². The minimum atomic E-state index is -1.91. The van der Waals surface area contributed by atoms with E-state index in [2.05, 4.69) is 20.3 Å².